The van der Waals surface area contributed by atoms with Gasteiger partial charge >= 0.3 is 6.09 Å². The van der Waals surface area contributed by atoms with Gasteiger partial charge in [-0.3, -0.25) is 5.32 Å². The van der Waals surface area contributed by atoms with Crippen LogP contribution in [0.5, 0.6) is 11.5 Å². The van der Waals surface area contributed by atoms with E-state index in [2.05, 4.69) is 28.9 Å². The first-order valence-corrected chi connectivity index (χ1v) is 10.3. The predicted molar refractivity (Wildman–Crippen MR) is 118 cm³/mol. The molecule has 30 heavy (non-hydrogen) atoms. The number of nitrogens with two attached hydrogens (primary N) is 1. The normalized spacial score (nSPS) is 14.3. The smallest absolute Gasteiger partial charge is 0.412 e. The average molecular weight is 454 g/mol. The van der Waals surface area contributed by atoms with Gasteiger partial charge in [-0.1, -0.05) is 37.0 Å². The number of rotatable bonds is 6. The second-order valence-electron chi connectivity index (χ2n) is 8.05. The minimum absolute atomic E-state index is 0.194. The maximum Gasteiger partial charge on any atom is 0.412 e. The van der Waals surface area contributed by atoms with Crippen LogP contribution in [0.3, 0.4) is 0 Å². The fraction of sp³-hybridized carbons (Fsp3) is 0.429. The number of ether oxygens (including phenoxy) is 3. The predicted octanol–water partition coefficient (Wildman–Crippen LogP) is 5.27. The number of halogens is 2. The van der Waals surface area contributed by atoms with Gasteiger partial charge in [0.25, 0.3) is 0 Å². The van der Waals surface area contributed by atoms with Gasteiger partial charge in [-0.15, -0.1) is 0 Å². The summed E-state index contributed by atoms with van der Waals surface area (Å²) in [5, 5.41) is 3.18. The first kappa shape index (κ1) is 22.5. The first-order valence-electron chi connectivity index (χ1n) is 9.52. The highest BCUT2D eigenvalue weighted by Gasteiger charge is 2.26. The van der Waals surface area contributed by atoms with Crippen LogP contribution in [0.1, 0.15) is 32.8 Å². The van der Waals surface area contributed by atoms with E-state index < -0.39 is 11.6 Å². The van der Waals surface area contributed by atoms with Crippen molar-refractivity contribution in [2.24, 2.45) is 11.7 Å². The minimum Gasteiger partial charge on any atom is -0.490 e. The number of nitrogens with one attached hydrogen (secondary N) is 1. The number of nitrogens with zero attached hydrogens (tertiary/aromatic N) is 1. The maximum absolute atomic E-state index is 11.6. The third-order valence-corrected chi connectivity index (χ3v) is 5.29. The number of methoxy groups -OCH3 is 1. The van der Waals surface area contributed by atoms with Crippen molar-refractivity contribution in [3.8, 4) is 22.6 Å². The van der Waals surface area contributed by atoms with Crippen LogP contribution in [0, 0.1) is 5.92 Å². The van der Waals surface area contributed by atoms with Crippen molar-refractivity contribution >= 4 is 35.1 Å². The Morgan fingerprint density at radius 1 is 1.40 bits per heavy atom. The number of pyridine rings is 1. The fourth-order valence-electron chi connectivity index (χ4n) is 3.51. The van der Waals surface area contributed by atoms with E-state index in [0.29, 0.717) is 40.2 Å². The van der Waals surface area contributed by atoms with E-state index in [0.717, 1.165) is 12.0 Å². The van der Waals surface area contributed by atoms with Crippen molar-refractivity contribution in [3.05, 3.63) is 33.9 Å². The van der Waals surface area contributed by atoms with E-state index in [4.69, 9.17) is 38.4 Å². The van der Waals surface area contributed by atoms with E-state index >= 15 is 0 Å². The lowest BCUT2D eigenvalue weighted by atomic mass is 9.93. The number of benzene rings is 1. The van der Waals surface area contributed by atoms with Gasteiger partial charge < -0.3 is 19.9 Å². The molecule has 2 aromatic rings. The maximum atomic E-state index is 11.6. The van der Waals surface area contributed by atoms with Crippen LogP contribution in [0.4, 0.5) is 10.6 Å². The molecule has 7 nitrogen and oxygen atoms in total. The zero-order chi connectivity index (χ0) is 22.1. The largest absolute Gasteiger partial charge is 0.490 e. The summed E-state index contributed by atoms with van der Waals surface area (Å²) in [6, 6.07) is 3.46. The van der Waals surface area contributed by atoms with Crippen LogP contribution >= 0.6 is 23.2 Å². The minimum atomic E-state index is -0.662. The molecule has 1 atom stereocenters. The Balaban J connectivity index is 1.92. The number of anilines is 1. The molecule has 1 amide bonds. The third-order valence-electron chi connectivity index (χ3n) is 4.62. The molecule has 3 rings (SSSR count). The van der Waals surface area contributed by atoms with Crippen LogP contribution in [-0.4, -0.2) is 30.3 Å². The number of fused-ring (bicyclic) bond motifs is 3. The van der Waals surface area contributed by atoms with Gasteiger partial charge in [0.1, 0.15) is 24.7 Å². The number of hydrogen-bond donors (Lipinski definition) is 2. The van der Waals surface area contributed by atoms with Crippen molar-refractivity contribution in [1.82, 2.24) is 4.98 Å². The summed E-state index contributed by atoms with van der Waals surface area (Å²) in [7, 11) is 1.26. The fourth-order valence-corrected chi connectivity index (χ4v) is 4.05. The van der Waals surface area contributed by atoms with E-state index in [-0.39, 0.29) is 17.4 Å². The highest BCUT2D eigenvalue weighted by Crippen LogP contribution is 2.47. The number of amides is 1. The lowest BCUT2D eigenvalue weighted by Gasteiger charge is -2.28. The second-order valence-corrected chi connectivity index (χ2v) is 8.83. The van der Waals surface area contributed by atoms with Gasteiger partial charge in [0, 0.05) is 34.5 Å². The van der Waals surface area contributed by atoms with Crippen LogP contribution in [0.2, 0.25) is 10.0 Å². The second kappa shape index (κ2) is 8.88. The average Bonchev–Trinajstić information content (AvgIpc) is 2.67. The van der Waals surface area contributed by atoms with E-state index in [1.807, 2.05) is 6.92 Å². The van der Waals surface area contributed by atoms with Gasteiger partial charge in [0.15, 0.2) is 5.82 Å². The summed E-state index contributed by atoms with van der Waals surface area (Å²) in [5.41, 5.74) is 8.01. The standard InChI is InChI=1S/C21H25Cl2N3O4/c1-11(2)7-21(3,24)10-30-16-6-15-13(5-14(16)22)17-12(9-29-15)8-25-19(18(17)23)26-20(27)28-4/h5-6,8,11H,7,9-10,24H2,1-4H3,(H,25,26,27)/t21-/m0/s1. The Hall–Kier alpha value is -2.22. The lowest BCUT2D eigenvalue weighted by molar-refractivity contribution is 0.187. The molecule has 1 aromatic carbocycles. The molecule has 1 aliphatic heterocycles. The molecular formula is C21H25Cl2N3O4. The summed E-state index contributed by atoms with van der Waals surface area (Å²) in [4.78, 5) is 15.7. The van der Waals surface area contributed by atoms with Crippen molar-refractivity contribution in [1.29, 1.82) is 0 Å². The molecule has 1 aromatic heterocycles. The Labute approximate surface area is 185 Å². The van der Waals surface area contributed by atoms with E-state index in [1.165, 1.54) is 7.11 Å². The molecule has 0 aliphatic carbocycles. The van der Waals surface area contributed by atoms with Crippen molar-refractivity contribution in [2.45, 2.75) is 39.3 Å². The molecular weight excluding hydrogens is 429 g/mol. The third kappa shape index (κ3) is 4.91. The van der Waals surface area contributed by atoms with E-state index in [9.17, 15) is 4.79 Å². The monoisotopic (exact) mass is 453 g/mol. The molecule has 0 bridgehead atoms. The molecule has 0 unspecified atom stereocenters. The number of hydrogen-bond acceptors (Lipinski definition) is 6. The molecule has 0 fully saturated rings. The van der Waals surface area contributed by atoms with Crippen molar-refractivity contribution in [3.63, 3.8) is 0 Å². The zero-order valence-corrected chi connectivity index (χ0v) is 18.9. The summed E-state index contributed by atoms with van der Waals surface area (Å²) in [5.74, 6) is 1.70. The topological polar surface area (TPSA) is 95.7 Å². The van der Waals surface area contributed by atoms with Crippen LogP contribution in [0.25, 0.3) is 11.1 Å². The van der Waals surface area contributed by atoms with Crippen LogP contribution in [0.15, 0.2) is 18.3 Å². The number of carbonyl (C=O) groups is 1. The lowest BCUT2D eigenvalue weighted by Crippen LogP contribution is -2.43. The highest BCUT2D eigenvalue weighted by molar-refractivity contribution is 6.37. The van der Waals surface area contributed by atoms with Gasteiger partial charge in [-0.25, -0.2) is 9.78 Å². The molecule has 3 N–H and O–H groups in total. The number of carbonyl (C=O) groups excluding carboxylic acids is 1. The molecule has 162 valence electrons. The van der Waals surface area contributed by atoms with Crippen LogP contribution in [-0.2, 0) is 11.3 Å². The van der Waals surface area contributed by atoms with Gasteiger partial charge in [-0.2, -0.15) is 0 Å². The Morgan fingerprint density at radius 3 is 2.80 bits per heavy atom. The molecule has 0 spiro atoms. The molecule has 9 heteroatoms. The van der Waals surface area contributed by atoms with Gasteiger partial charge in [0.2, 0.25) is 0 Å². The SMILES string of the molecule is COC(=O)Nc1ncc2c(c1Cl)-c1cc(Cl)c(OC[C@@](C)(N)CC(C)C)cc1OC2. The van der Waals surface area contributed by atoms with E-state index in [1.54, 1.807) is 18.3 Å². The van der Waals surface area contributed by atoms with Crippen LogP contribution < -0.4 is 20.5 Å². The van der Waals surface area contributed by atoms with Gasteiger partial charge in [-0.05, 0) is 25.3 Å². The van der Waals surface area contributed by atoms with Gasteiger partial charge in [0.05, 0.1) is 17.2 Å². The molecule has 2 heterocycles. The molecule has 0 saturated heterocycles. The zero-order valence-electron chi connectivity index (χ0n) is 17.3. The quantitative estimate of drug-likeness (QED) is 0.618. The summed E-state index contributed by atoms with van der Waals surface area (Å²) >= 11 is 13.0. The summed E-state index contributed by atoms with van der Waals surface area (Å²) in [6.45, 7) is 6.78. The first-order chi connectivity index (χ1) is 14.1. The summed E-state index contributed by atoms with van der Waals surface area (Å²) in [6.07, 6.45) is 1.75. The number of aromatic nitrogens is 1. The molecule has 0 radical (unpaired) electrons. The highest BCUT2D eigenvalue weighted by atomic mass is 35.5. The Bertz CT molecular complexity index is 964. The summed E-state index contributed by atoms with van der Waals surface area (Å²) < 4.78 is 16.4. The molecule has 0 saturated carbocycles. The van der Waals surface area contributed by atoms with Crippen molar-refractivity contribution < 1.29 is 19.0 Å². The Morgan fingerprint density at radius 2 is 2.13 bits per heavy atom. The Kier molecular flexibility index (Phi) is 6.65. The molecule has 1 aliphatic rings. The van der Waals surface area contributed by atoms with Crippen molar-refractivity contribution in [2.75, 3.05) is 19.0 Å².